The Morgan fingerprint density at radius 1 is 0.818 bits per heavy atom. The molecule has 0 aromatic heterocycles. The zero-order chi connectivity index (χ0) is 16.0. The van der Waals surface area contributed by atoms with Crippen LogP contribution >= 0.6 is 0 Å². The maximum atomic E-state index is 11.4. The summed E-state index contributed by atoms with van der Waals surface area (Å²) in [7, 11) is 0. The van der Waals surface area contributed by atoms with Crippen molar-refractivity contribution in [3.63, 3.8) is 0 Å². The van der Waals surface area contributed by atoms with E-state index in [2.05, 4.69) is 19.9 Å². The van der Waals surface area contributed by atoms with Crippen molar-refractivity contribution in [2.75, 3.05) is 0 Å². The molecule has 2 aromatic carbocycles. The second-order valence-corrected chi connectivity index (χ2v) is 7.37. The van der Waals surface area contributed by atoms with Crippen LogP contribution in [0.4, 0.5) is 0 Å². The van der Waals surface area contributed by atoms with E-state index in [1.165, 1.54) is 0 Å². The molecular weight excluding hydrogens is 272 g/mol. The highest BCUT2D eigenvalue weighted by molar-refractivity contribution is 5.43. The van der Waals surface area contributed by atoms with Crippen LogP contribution in [-0.2, 0) is 17.4 Å². The third-order valence-electron chi connectivity index (χ3n) is 5.16. The Bertz CT molecular complexity index is 673. The molecule has 116 valence electrons. The van der Waals surface area contributed by atoms with E-state index in [-0.39, 0.29) is 5.41 Å². The normalized spacial score (nSPS) is 29.9. The third-order valence-corrected chi connectivity index (χ3v) is 5.16. The van der Waals surface area contributed by atoms with Crippen LogP contribution < -0.4 is 0 Å². The fourth-order valence-corrected chi connectivity index (χ4v) is 3.92. The van der Waals surface area contributed by atoms with E-state index in [1.54, 1.807) is 6.92 Å². The SMILES string of the molecule is CC1(C)C[C@@](O)(Cc2ccccc2)[C@@](C)(O)c2ccccc21. The fourth-order valence-electron chi connectivity index (χ4n) is 3.92. The van der Waals surface area contributed by atoms with Gasteiger partial charge in [0.1, 0.15) is 11.2 Å². The van der Waals surface area contributed by atoms with Gasteiger partial charge in [0.05, 0.1) is 0 Å². The van der Waals surface area contributed by atoms with Gasteiger partial charge in [0.15, 0.2) is 0 Å². The molecule has 0 aliphatic heterocycles. The molecule has 1 aliphatic rings. The minimum Gasteiger partial charge on any atom is -0.386 e. The Kier molecular flexibility index (Phi) is 3.42. The third kappa shape index (κ3) is 2.27. The van der Waals surface area contributed by atoms with E-state index in [4.69, 9.17) is 0 Å². The Labute approximate surface area is 132 Å². The average Bonchev–Trinajstić information content (AvgIpc) is 2.46. The molecule has 2 atom stereocenters. The van der Waals surface area contributed by atoms with Gasteiger partial charge < -0.3 is 10.2 Å². The summed E-state index contributed by atoms with van der Waals surface area (Å²) in [4.78, 5) is 0. The average molecular weight is 296 g/mol. The summed E-state index contributed by atoms with van der Waals surface area (Å²) in [5.41, 5.74) is 0.367. The van der Waals surface area contributed by atoms with E-state index in [0.29, 0.717) is 12.8 Å². The summed E-state index contributed by atoms with van der Waals surface area (Å²) >= 11 is 0. The number of benzene rings is 2. The van der Waals surface area contributed by atoms with Crippen LogP contribution in [0.15, 0.2) is 54.6 Å². The van der Waals surface area contributed by atoms with Gasteiger partial charge in [-0.25, -0.2) is 0 Å². The highest BCUT2D eigenvalue weighted by Crippen LogP contribution is 2.51. The van der Waals surface area contributed by atoms with E-state index in [0.717, 1.165) is 16.7 Å². The molecule has 0 saturated heterocycles. The molecule has 0 radical (unpaired) electrons. The second-order valence-electron chi connectivity index (χ2n) is 7.37. The number of aliphatic hydroxyl groups is 2. The van der Waals surface area contributed by atoms with Crippen molar-refractivity contribution < 1.29 is 10.2 Å². The van der Waals surface area contributed by atoms with Crippen LogP contribution in [0.5, 0.6) is 0 Å². The van der Waals surface area contributed by atoms with Crippen molar-refractivity contribution >= 4 is 0 Å². The van der Waals surface area contributed by atoms with Crippen molar-refractivity contribution in [3.8, 4) is 0 Å². The molecule has 3 rings (SSSR count). The minimum atomic E-state index is -1.27. The number of hydrogen-bond donors (Lipinski definition) is 2. The topological polar surface area (TPSA) is 40.5 Å². The molecule has 0 bridgehead atoms. The molecule has 2 nitrogen and oxygen atoms in total. The van der Waals surface area contributed by atoms with Gasteiger partial charge in [-0.3, -0.25) is 0 Å². The van der Waals surface area contributed by atoms with Gasteiger partial charge in [0, 0.05) is 6.42 Å². The first kappa shape index (κ1) is 15.3. The van der Waals surface area contributed by atoms with Crippen LogP contribution in [0.1, 0.15) is 43.9 Å². The fraction of sp³-hybridized carbons (Fsp3) is 0.400. The van der Waals surface area contributed by atoms with Gasteiger partial charge in [-0.05, 0) is 35.4 Å². The predicted octanol–water partition coefficient (Wildman–Crippen LogP) is 3.55. The first-order valence-electron chi connectivity index (χ1n) is 7.85. The quantitative estimate of drug-likeness (QED) is 0.890. The summed E-state index contributed by atoms with van der Waals surface area (Å²) in [6.07, 6.45) is 0.970. The lowest BCUT2D eigenvalue weighted by Crippen LogP contribution is -2.58. The zero-order valence-electron chi connectivity index (χ0n) is 13.5. The molecule has 0 saturated carbocycles. The first-order chi connectivity index (χ1) is 10.3. The summed E-state index contributed by atoms with van der Waals surface area (Å²) < 4.78 is 0. The summed E-state index contributed by atoms with van der Waals surface area (Å²) in [6.45, 7) is 6.01. The zero-order valence-corrected chi connectivity index (χ0v) is 13.5. The smallest absolute Gasteiger partial charge is 0.116 e. The van der Waals surface area contributed by atoms with E-state index in [9.17, 15) is 10.2 Å². The Hall–Kier alpha value is -1.64. The highest BCUT2D eigenvalue weighted by atomic mass is 16.4. The molecular formula is C20H24O2. The molecule has 22 heavy (non-hydrogen) atoms. The Morgan fingerprint density at radius 2 is 1.36 bits per heavy atom. The molecule has 1 aliphatic carbocycles. The summed E-state index contributed by atoms with van der Waals surface area (Å²) in [6, 6.07) is 17.8. The monoisotopic (exact) mass is 296 g/mol. The summed E-state index contributed by atoms with van der Waals surface area (Å²) in [5.74, 6) is 0. The van der Waals surface area contributed by atoms with Gasteiger partial charge in [0.2, 0.25) is 0 Å². The maximum absolute atomic E-state index is 11.4. The van der Waals surface area contributed by atoms with Gasteiger partial charge in [0.25, 0.3) is 0 Å². The largest absolute Gasteiger partial charge is 0.386 e. The molecule has 2 N–H and O–H groups in total. The van der Waals surface area contributed by atoms with Crippen LogP contribution in [0.3, 0.4) is 0 Å². The van der Waals surface area contributed by atoms with E-state index in [1.807, 2.05) is 48.5 Å². The highest BCUT2D eigenvalue weighted by Gasteiger charge is 2.55. The molecule has 0 amide bonds. The number of rotatable bonds is 2. The van der Waals surface area contributed by atoms with Gasteiger partial charge in [-0.15, -0.1) is 0 Å². The van der Waals surface area contributed by atoms with E-state index >= 15 is 0 Å². The standard InChI is InChI=1S/C20H24O2/c1-18(2)14-20(22,13-15-9-5-4-6-10-15)19(3,21)17-12-8-7-11-16(17)18/h4-12,21-22H,13-14H2,1-3H3/t19-,20-/m0/s1. The summed E-state index contributed by atoms with van der Waals surface area (Å²) in [5, 5.41) is 22.6. The Balaban J connectivity index is 2.10. The lowest BCUT2D eigenvalue weighted by Gasteiger charge is -2.52. The van der Waals surface area contributed by atoms with Crippen molar-refractivity contribution in [1.82, 2.24) is 0 Å². The minimum absolute atomic E-state index is 0.178. The van der Waals surface area contributed by atoms with Crippen LogP contribution in [0.2, 0.25) is 0 Å². The lowest BCUT2D eigenvalue weighted by molar-refractivity contribution is -0.168. The van der Waals surface area contributed by atoms with Gasteiger partial charge >= 0.3 is 0 Å². The van der Waals surface area contributed by atoms with Gasteiger partial charge in [-0.2, -0.15) is 0 Å². The molecule has 0 unspecified atom stereocenters. The van der Waals surface area contributed by atoms with E-state index < -0.39 is 11.2 Å². The van der Waals surface area contributed by atoms with Crippen molar-refractivity contribution in [3.05, 3.63) is 71.3 Å². The van der Waals surface area contributed by atoms with Crippen LogP contribution in [0.25, 0.3) is 0 Å². The van der Waals surface area contributed by atoms with Gasteiger partial charge in [-0.1, -0.05) is 68.4 Å². The molecule has 2 aromatic rings. The van der Waals surface area contributed by atoms with Crippen LogP contribution in [0, 0.1) is 0 Å². The molecule has 0 fully saturated rings. The second kappa shape index (κ2) is 4.94. The molecule has 2 heteroatoms. The first-order valence-corrected chi connectivity index (χ1v) is 7.85. The van der Waals surface area contributed by atoms with Crippen molar-refractivity contribution in [2.24, 2.45) is 0 Å². The van der Waals surface area contributed by atoms with Crippen molar-refractivity contribution in [2.45, 2.75) is 50.2 Å². The number of hydrogen-bond acceptors (Lipinski definition) is 2. The predicted molar refractivity (Wildman–Crippen MR) is 88.8 cm³/mol. The van der Waals surface area contributed by atoms with Crippen molar-refractivity contribution in [1.29, 1.82) is 0 Å². The lowest BCUT2D eigenvalue weighted by atomic mass is 9.58. The molecule has 0 heterocycles. The Morgan fingerprint density at radius 3 is 2.00 bits per heavy atom. The van der Waals surface area contributed by atoms with Crippen LogP contribution in [-0.4, -0.2) is 15.8 Å². The number of fused-ring (bicyclic) bond motifs is 1. The molecule has 0 spiro atoms. The maximum Gasteiger partial charge on any atom is 0.116 e.